The van der Waals surface area contributed by atoms with Gasteiger partial charge in [0.25, 0.3) is 0 Å². The topological polar surface area (TPSA) is 9.72 Å². The minimum Gasteiger partial charge on any atom is -0.233 e. The van der Waals surface area contributed by atoms with Crippen LogP contribution in [-0.2, 0) is 0 Å². The van der Waals surface area contributed by atoms with Crippen LogP contribution in [0.5, 0.6) is 0 Å². The van der Waals surface area contributed by atoms with Gasteiger partial charge in [-0.3, -0.25) is 0 Å². The van der Waals surface area contributed by atoms with Crippen LogP contribution >= 0.6 is 35.3 Å². The van der Waals surface area contributed by atoms with Crippen molar-refractivity contribution in [2.24, 2.45) is 0 Å². The quantitative estimate of drug-likeness (QED) is 0.585. The van der Waals surface area contributed by atoms with Crippen LogP contribution in [0.1, 0.15) is 20.8 Å². The van der Waals surface area contributed by atoms with Gasteiger partial charge in [0.05, 0.1) is 0 Å². The molecule has 1 saturated heterocycles. The van der Waals surface area contributed by atoms with Crippen LogP contribution in [0.3, 0.4) is 0 Å². The molecule has 0 bridgehead atoms. The summed E-state index contributed by atoms with van der Waals surface area (Å²) in [4.78, 5) is 0. The van der Waals surface area contributed by atoms with Gasteiger partial charge < -0.3 is 0 Å². The first kappa shape index (κ1) is 14.5. The van der Waals surface area contributed by atoms with Crippen molar-refractivity contribution in [3.05, 3.63) is 0 Å². The van der Waals surface area contributed by atoms with E-state index in [1.165, 1.54) is 0 Å². The largest absolute Gasteiger partial charge is 0.247 e. The van der Waals surface area contributed by atoms with Crippen LogP contribution in [0.4, 0.5) is 0 Å². The number of rotatable bonds is 3. The summed E-state index contributed by atoms with van der Waals surface area (Å²) in [5, 5.41) is 0. The van der Waals surface area contributed by atoms with Gasteiger partial charge in [0, 0.05) is 0 Å². The molecule has 0 aromatic carbocycles. The Morgan fingerprint density at radius 1 is 0.667 bits per heavy atom. The highest BCUT2D eigenvalue weighted by atomic mass is 35.5. The lowest BCUT2D eigenvalue weighted by Gasteiger charge is -2.46. The van der Waals surface area contributed by atoms with Crippen LogP contribution in [0.25, 0.3) is 0 Å². The molecule has 1 aliphatic heterocycles. The molecule has 1 aliphatic rings. The van der Waals surface area contributed by atoms with E-state index in [-0.39, 0.29) is 0 Å². The van der Waals surface area contributed by atoms with E-state index in [1.807, 2.05) is 11.3 Å². The van der Waals surface area contributed by atoms with E-state index in [2.05, 4.69) is 20.8 Å². The molecule has 0 saturated carbocycles. The zero-order chi connectivity index (χ0) is 11.6. The highest BCUT2D eigenvalue weighted by Crippen LogP contribution is 2.29. The molecule has 0 N–H and O–H groups in total. The minimum absolute atomic E-state index is 0.934. The van der Waals surface area contributed by atoms with Gasteiger partial charge >= 0.3 is 0 Å². The summed E-state index contributed by atoms with van der Waals surface area (Å²) in [5.74, 6) is 0. The van der Waals surface area contributed by atoms with Gasteiger partial charge in [-0.25, -0.2) is 11.3 Å². The van der Waals surface area contributed by atoms with Crippen LogP contribution in [-0.4, -0.2) is 38.6 Å². The summed E-state index contributed by atoms with van der Waals surface area (Å²) >= 11 is 19.0. The second kappa shape index (κ2) is 6.36. The normalized spacial score (nSPS) is 25.2. The number of halogens is 3. The number of hydrogen-bond donors (Lipinski definition) is 0. The molecule has 0 aliphatic carbocycles. The Bertz CT molecular complexity index is 168. The Morgan fingerprint density at radius 2 is 0.867 bits per heavy atom. The van der Waals surface area contributed by atoms with Crippen molar-refractivity contribution in [2.75, 3.05) is 0 Å². The summed E-state index contributed by atoms with van der Waals surface area (Å²) < 4.78 is 5.83. The Hall–Kier alpha value is 1.40. The maximum atomic E-state index is 6.35. The van der Waals surface area contributed by atoms with E-state index in [9.17, 15) is 0 Å². The molecule has 1 fully saturated rings. The molecule has 87 valence electrons. The number of nitrogens with zero attached hydrogens (tertiary/aromatic N) is 3. The predicted molar refractivity (Wildman–Crippen MR) is 71.8 cm³/mol. The molecule has 0 amide bonds. The summed E-state index contributed by atoms with van der Waals surface area (Å²) in [6.07, 6.45) is 0. The van der Waals surface area contributed by atoms with E-state index in [4.69, 9.17) is 35.3 Å². The molecule has 0 spiro atoms. The third-order valence-corrected chi connectivity index (χ3v) is 15.1. The molecule has 0 unspecified atom stereocenters. The van der Waals surface area contributed by atoms with Gasteiger partial charge in [0.1, 0.15) is 0 Å². The zero-order valence-corrected chi connectivity index (χ0v) is 14.4. The highest BCUT2D eigenvalue weighted by Gasteiger charge is 2.47. The fourth-order valence-electron chi connectivity index (χ4n) is 1.51. The smallest absolute Gasteiger partial charge is 0.233 e. The maximum absolute atomic E-state index is 6.35. The molecular formula is C6H15Cl3N3Si3. The third kappa shape index (κ3) is 2.80. The summed E-state index contributed by atoms with van der Waals surface area (Å²) in [6.45, 7) is 6.44. The summed E-state index contributed by atoms with van der Waals surface area (Å²) in [5.41, 5.74) is 0. The molecule has 3 radical (unpaired) electrons. The average molecular weight is 320 g/mol. The fraction of sp³-hybridized carbons (Fsp3) is 1.00. The SMILES string of the molecule is CC[Si]1N(Cl)[Si](CC)N(Cl)[Si](CC)N1Cl. The van der Waals surface area contributed by atoms with Crippen LogP contribution in [0.15, 0.2) is 0 Å². The van der Waals surface area contributed by atoms with E-state index in [1.54, 1.807) is 0 Å². The van der Waals surface area contributed by atoms with Crippen LogP contribution < -0.4 is 0 Å². The summed E-state index contributed by atoms with van der Waals surface area (Å²) in [6, 6.07) is 3.10. The third-order valence-electron chi connectivity index (χ3n) is 2.31. The molecular weight excluding hydrogens is 305 g/mol. The van der Waals surface area contributed by atoms with Crippen LogP contribution in [0, 0.1) is 0 Å². The van der Waals surface area contributed by atoms with Crippen molar-refractivity contribution in [1.82, 2.24) is 11.3 Å². The molecule has 0 aromatic heterocycles. The maximum Gasteiger partial charge on any atom is 0.247 e. The minimum atomic E-state index is -0.934. The molecule has 0 atom stereocenters. The first-order valence-corrected chi connectivity index (χ1v) is 10.8. The Morgan fingerprint density at radius 3 is 1.00 bits per heavy atom. The van der Waals surface area contributed by atoms with Crippen molar-refractivity contribution >= 4 is 62.7 Å². The highest BCUT2D eigenvalue weighted by molar-refractivity contribution is 6.96. The second-order valence-electron chi connectivity index (χ2n) is 3.15. The first-order chi connectivity index (χ1) is 7.08. The van der Waals surface area contributed by atoms with Gasteiger partial charge in [0.15, 0.2) is 0 Å². The fourth-order valence-corrected chi connectivity index (χ4v) is 17.8. The van der Waals surface area contributed by atoms with Gasteiger partial charge in [-0.1, -0.05) is 20.8 Å². The lowest BCUT2D eigenvalue weighted by Crippen LogP contribution is -2.69. The van der Waals surface area contributed by atoms with Gasteiger partial charge in [-0.2, -0.15) is 0 Å². The van der Waals surface area contributed by atoms with Crippen molar-refractivity contribution < 1.29 is 0 Å². The van der Waals surface area contributed by atoms with Crippen molar-refractivity contribution in [1.29, 1.82) is 0 Å². The zero-order valence-electron chi connectivity index (χ0n) is 9.10. The first-order valence-electron chi connectivity index (χ1n) is 5.03. The van der Waals surface area contributed by atoms with E-state index in [0.717, 1.165) is 18.1 Å². The lowest BCUT2D eigenvalue weighted by atomic mass is 11.0. The molecule has 3 nitrogen and oxygen atoms in total. The van der Waals surface area contributed by atoms with E-state index in [0.29, 0.717) is 0 Å². The standard InChI is InChI=1S/C6H15Cl3N3Si3/c1-4-13-10(7)14(5-2)12(9)15(6-3)11(13)8/h4-6H2,1-3H3. The number of hydrogen-bond acceptors (Lipinski definition) is 3. The van der Waals surface area contributed by atoms with Gasteiger partial charge in [-0.05, 0) is 53.5 Å². The van der Waals surface area contributed by atoms with Gasteiger partial charge in [-0.15, -0.1) is 0 Å². The molecule has 0 aromatic rings. The second-order valence-corrected chi connectivity index (χ2v) is 14.5. The molecule has 9 heteroatoms. The molecule has 1 heterocycles. The van der Waals surface area contributed by atoms with Crippen LogP contribution in [0.2, 0.25) is 18.1 Å². The Balaban J connectivity index is 2.87. The van der Waals surface area contributed by atoms with E-state index < -0.39 is 27.4 Å². The summed E-state index contributed by atoms with van der Waals surface area (Å²) in [7, 11) is -2.80. The Kier molecular flexibility index (Phi) is 6.14. The van der Waals surface area contributed by atoms with Crippen molar-refractivity contribution in [2.45, 2.75) is 38.9 Å². The van der Waals surface area contributed by atoms with Gasteiger partial charge in [0.2, 0.25) is 27.4 Å². The van der Waals surface area contributed by atoms with E-state index >= 15 is 0 Å². The average Bonchev–Trinajstić information content (AvgIpc) is 2.19. The van der Waals surface area contributed by atoms with Crippen molar-refractivity contribution in [3.8, 4) is 0 Å². The molecule has 15 heavy (non-hydrogen) atoms. The molecule has 1 rings (SSSR count). The lowest BCUT2D eigenvalue weighted by molar-refractivity contribution is 0.721. The van der Waals surface area contributed by atoms with Crippen molar-refractivity contribution in [3.63, 3.8) is 0 Å². The predicted octanol–water partition coefficient (Wildman–Crippen LogP) is 2.89. The Labute approximate surface area is 112 Å². The monoisotopic (exact) mass is 318 g/mol.